The van der Waals surface area contributed by atoms with Crippen LogP contribution in [0.3, 0.4) is 0 Å². The van der Waals surface area contributed by atoms with Gasteiger partial charge in [-0.1, -0.05) is 12.1 Å². The monoisotopic (exact) mass is 362 g/mol. The molecule has 0 aliphatic rings. The number of aryl methyl sites for hydroxylation is 2. The van der Waals surface area contributed by atoms with Crippen molar-refractivity contribution < 1.29 is 17.9 Å². The zero-order valence-corrected chi connectivity index (χ0v) is 15.6. The lowest BCUT2D eigenvalue weighted by Crippen LogP contribution is -2.18. The van der Waals surface area contributed by atoms with E-state index in [4.69, 9.17) is 9.47 Å². The maximum atomic E-state index is 12.3. The Balaban J connectivity index is 2.24. The van der Waals surface area contributed by atoms with Crippen LogP contribution in [0.4, 0.5) is 0 Å². The van der Waals surface area contributed by atoms with E-state index in [1.165, 1.54) is 6.21 Å². The van der Waals surface area contributed by atoms with Crippen molar-refractivity contribution >= 4 is 16.2 Å². The van der Waals surface area contributed by atoms with Gasteiger partial charge in [-0.2, -0.15) is 13.5 Å². The Bertz CT molecular complexity index is 877. The van der Waals surface area contributed by atoms with Crippen LogP contribution in [0.5, 0.6) is 11.5 Å². The van der Waals surface area contributed by atoms with Gasteiger partial charge in [-0.05, 0) is 56.2 Å². The Morgan fingerprint density at radius 3 is 2.56 bits per heavy atom. The summed E-state index contributed by atoms with van der Waals surface area (Å²) in [6, 6.07) is 10.2. The quantitative estimate of drug-likeness (QED) is 0.607. The number of hydrogen-bond acceptors (Lipinski definition) is 5. The van der Waals surface area contributed by atoms with Gasteiger partial charge in [0.15, 0.2) is 11.5 Å². The van der Waals surface area contributed by atoms with E-state index in [1.54, 1.807) is 43.5 Å². The number of nitrogens with zero attached hydrogens (tertiary/aromatic N) is 1. The summed E-state index contributed by atoms with van der Waals surface area (Å²) in [5.41, 5.74) is 2.54. The van der Waals surface area contributed by atoms with Crippen LogP contribution in [0.2, 0.25) is 0 Å². The van der Waals surface area contributed by atoms with Gasteiger partial charge in [0.1, 0.15) is 0 Å². The lowest BCUT2D eigenvalue weighted by atomic mass is 10.1. The fourth-order valence-corrected chi connectivity index (χ4v) is 3.07. The van der Waals surface area contributed by atoms with Gasteiger partial charge in [0, 0.05) is 5.56 Å². The summed E-state index contributed by atoms with van der Waals surface area (Å²) in [5.74, 6) is 1.07. The number of nitrogens with one attached hydrogen (secondary N) is 1. The van der Waals surface area contributed by atoms with E-state index in [-0.39, 0.29) is 4.90 Å². The summed E-state index contributed by atoms with van der Waals surface area (Å²) in [6.07, 6.45) is 1.39. The van der Waals surface area contributed by atoms with Gasteiger partial charge in [-0.15, -0.1) is 0 Å². The number of sulfonamides is 1. The Kier molecular flexibility index (Phi) is 6.03. The number of benzene rings is 2. The van der Waals surface area contributed by atoms with E-state index >= 15 is 0 Å². The molecular weight excluding hydrogens is 340 g/mol. The van der Waals surface area contributed by atoms with Gasteiger partial charge in [0.25, 0.3) is 10.0 Å². The molecule has 25 heavy (non-hydrogen) atoms. The predicted octanol–water partition coefficient (Wildman–Crippen LogP) is 3.02. The topological polar surface area (TPSA) is 77.0 Å². The molecular formula is C18H22N2O4S. The zero-order valence-electron chi connectivity index (χ0n) is 14.7. The summed E-state index contributed by atoms with van der Waals surface area (Å²) in [4.78, 5) is 2.39. The Labute approximate surface area is 148 Å². The second-order valence-corrected chi connectivity index (χ2v) is 7.07. The number of ether oxygens (including phenoxy) is 2. The average molecular weight is 362 g/mol. The Hall–Kier alpha value is -2.54. The van der Waals surface area contributed by atoms with Gasteiger partial charge in [-0.25, -0.2) is 4.83 Å². The number of hydrogen-bond donors (Lipinski definition) is 1. The maximum Gasteiger partial charge on any atom is 0.276 e. The van der Waals surface area contributed by atoms with Gasteiger partial charge in [-0.3, -0.25) is 0 Å². The third-order valence-corrected chi connectivity index (χ3v) is 4.90. The molecule has 0 aromatic heterocycles. The smallest absolute Gasteiger partial charge is 0.276 e. The summed E-state index contributed by atoms with van der Waals surface area (Å²) < 4.78 is 35.5. The molecule has 0 unspecified atom stereocenters. The Morgan fingerprint density at radius 1 is 1.16 bits per heavy atom. The van der Waals surface area contributed by atoms with E-state index in [2.05, 4.69) is 9.93 Å². The standard InChI is InChI=1S/C18H22N2O4S/c1-5-24-18-15(7-6-8-17(18)23-4)12-19-20-25(21,22)16-10-9-13(2)14(3)11-16/h6-12,20H,5H2,1-4H3/b19-12+. The summed E-state index contributed by atoms with van der Waals surface area (Å²) >= 11 is 0. The molecule has 0 heterocycles. The van der Waals surface area contributed by atoms with E-state index in [1.807, 2.05) is 20.8 Å². The van der Waals surface area contributed by atoms with Crippen LogP contribution >= 0.6 is 0 Å². The van der Waals surface area contributed by atoms with Crippen molar-refractivity contribution in [2.75, 3.05) is 13.7 Å². The van der Waals surface area contributed by atoms with Crippen molar-refractivity contribution in [3.05, 3.63) is 53.1 Å². The van der Waals surface area contributed by atoms with Crippen LogP contribution in [0.1, 0.15) is 23.6 Å². The first-order valence-electron chi connectivity index (χ1n) is 7.81. The molecule has 0 fully saturated rings. The fraction of sp³-hybridized carbons (Fsp3) is 0.278. The van der Waals surface area contributed by atoms with Crippen molar-refractivity contribution in [2.24, 2.45) is 5.10 Å². The van der Waals surface area contributed by atoms with Crippen molar-refractivity contribution in [3.8, 4) is 11.5 Å². The normalized spacial score (nSPS) is 11.5. The molecule has 2 aromatic carbocycles. The molecule has 0 spiro atoms. The first-order chi connectivity index (χ1) is 11.9. The van der Waals surface area contributed by atoms with Gasteiger partial charge in [0.2, 0.25) is 0 Å². The molecule has 2 rings (SSSR count). The SMILES string of the molecule is CCOc1c(/C=N/NS(=O)(=O)c2ccc(C)c(C)c2)cccc1OC. The minimum Gasteiger partial charge on any atom is -0.493 e. The summed E-state index contributed by atoms with van der Waals surface area (Å²) in [5, 5.41) is 3.86. The van der Waals surface area contributed by atoms with Crippen molar-refractivity contribution in [2.45, 2.75) is 25.7 Å². The number of rotatable bonds is 7. The molecule has 7 heteroatoms. The van der Waals surface area contributed by atoms with E-state index in [0.717, 1.165) is 11.1 Å². The zero-order chi connectivity index (χ0) is 18.4. The highest BCUT2D eigenvalue weighted by Crippen LogP contribution is 2.29. The maximum absolute atomic E-state index is 12.3. The number of hydrazone groups is 1. The number of methoxy groups -OCH3 is 1. The second kappa shape index (κ2) is 8.02. The molecule has 0 bridgehead atoms. The van der Waals surface area contributed by atoms with Crippen LogP contribution in [0, 0.1) is 13.8 Å². The second-order valence-electron chi connectivity index (χ2n) is 5.41. The highest BCUT2D eigenvalue weighted by atomic mass is 32.2. The molecule has 0 saturated heterocycles. The third kappa shape index (κ3) is 4.51. The minimum absolute atomic E-state index is 0.170. The van der Waals surface area contributed by atoms with E-state index < -0.39 is 10.0 Å². The third-order valence-electron chi connectivity index (χ3n) is 3.68. The summed E-state index contributed by atoms with van der Waals surface area (Å²) in [7, 11) is -2.19. The van der Waals surface area contributed by atoms with Crippen molar-refractivity contribution in [1.82, 2.24) is 4.83 Å². The largest absolute Gasteiger partial charge is 0.493 e. The molecule has 6 nitrogen and oxygen atoms in total. The molecule has 0 radical (unpaired) electrons. The number of para-hydroxylation sites is 1. The van der Waals surface area contributed by atoms with Gasteiger partial charge >= 0.3 is 0 Å². The molecule has 2 aromatic rings. The first-order valence-corrected chi connectivity index (χ1v) is 9.29. The van der Waals surface area contributed by atoms with E-state index in [0.29, 0.717) is 23.7 Å². The van der Waals surface area contributed by atoms with Crippen molar-refractivity contribution in [1.29, 1.82) is 0 Å². The molecule has 134 valence electrons. The fourth-order valence-electron chi connectivity index (χ4n) is 2.19. The van der Waals surface area contributed by atoms with Gasteiger partial charge < -0.3 is 9.47 Å². The Morgan fingerprint density at radius 2 is 1.92 bits per heavy atom. The first kappa shape index (κ1) is 18.8. The van der Waals surface area contributed by atoms with Crippen LogP contribution in [-0.4, -0.2) is 28.3 Å². The molecule has 0 aliphatic heterocycles. The molecule has 0 aliphatic carbocycles. The predicted molar refractivity (Wildman–Crippen MR) is 98.0 cm³/mol. The molecule has 0 atom stereocenters. The lowest BCUT2D eigenvalue weighted by molar-refractivity contribution is 0.310. The average Bonchev–Trinajstić information content (AvgIpc) is 2.58. The van der Waals surface area contributed by atoms with Crippen molar-refractivity contribution in [3.63, 3.8) is 0 Å². The summed E-state index contributed by atoms with van der Waals surface area (Å²) in [6.45, 7) is 6.10. The van der Waals surface area contributed by atoms with E-state index in [9.17, 15) is 8.42 Å². The molecule has 1 N–H and O–H groups in total. The highest BCUT2D eigenvalue weighted by molar-refractivity contribution is 7.89. The molecule has 0 amide bonds. The highest BCUT2D eigenvalue weighted by Gasteiger charge is 2.14. The van der Waals surface area contributed by atoms with Crippen LogP contribution < -0.4 is 14.3 Å². The van der Waals surface area contributed by atoms with Gasteiger partial charge in [0.05, 0.1) is 24.8 Å². The molecule has 0 saturated carbocycles. The van der Waals surface area contributed by atoms with Crippen LogP contribution in [0.25, 0.3) is 0 Å². The van der Waals surface area contributed by atoms with Crippen LogP contribution in [0.15, 0.2) is 46.4 Å². The van der Waals surface area contributed by atoms with Crippen LogP contribution in [-0.2, 0) is 10.0 Å². The minimum atomic E-state index is -3.73. The lowest BCUT2D eigenvalue weighted by Gasteiger charge is -2.11.